The smallest absolute Gasteiger partial charge is 0.222 e. The molecule has 0 unspecified atom stereocenters. The highest BCUT2D eigenvalue weighted by Gasteiger charge is 2.21. The van der Waals surface area contributed by atoms with Crippen LogP contribution in [0.4, 0.5) is 0 Å². The van der Waals surface area contributed by atoms with Gasteiger partial charge in [0, 0.05) is 24.0 Å². The summed E-state index contributed by atoms with van der Waals surface area (Å²) in [6.07, 6.45) is 2.65. The summed E-state index contributed by atoms with van der Waals surface area (Å²) in [6, 6.07) is 8.03. The maximum Gasteiger partial charge on any atom is 0.222 e. The van der Waals surface area contributed by atoms with Gasteiger partial charge in [-0.2, -0.15) is 0 Å². The van der Waals surface area contributed by atoms with Crippen molar-refractivity contribution in [3.8, 4) is 0 Å². The van der Waals surface area contributed by atoms with Crippen molar-refractivity contribution in [3.63, 3.8) is 0 Å². The molecular formula is C14H18BrNO2. The third-order valence-corrected chi connectivity index (χ3v) is 3.76. The van der Waals surface area contributed by atoms with Crippen LogP contribution in [-0.4, -0.2) is 35.1 Å². The fourth-order valence-corrected chi connectivity index (χ4v) is 2.73. The minimum Gasteiger partial charge on any atom is -0.391 e. The van der Waals surface area contributed by atoms with E-state index in [1.165, 1.54) is 0 Å². The number of β-amino-alcohol motifs (C(OH)–C–C–N with tert-alkyl or cyclic N) is 1. The monoisotopic (exact) mass is 311 g/mol. The highest BCUT2D eigenvalue weighted by Crippen LogP contribution is 2.15. The Bertz CT molecular complexity index is 422. The number of halogens is 1. The minimum absolute atomic E-state index is 0.147. The number of aliphatic hydroxyl groups excluding tert-OH is 1. The molecule has 0 saturated carbocycles. The van der Waals surface area contributed by atoms with Crippen LogP contribution in [0.1, 0.15) is 24.8 Å². The molecule has 0 spiro atoms. The minimum atomic E-state index is -0.339. The van der Waals surface area contributed by atoms with E-state index in [2.05, 4.69) is 15.9 Å². The van der Waals surface area contributed by atoms with Crippen LogP contribution in [0.25, 0.3) is 0 Å². The van der Waals surface area contributed by atoms with E-state index < -0.39 is 0 Å². The molecule has 0 aliphatic carbocycles. The number of nitrogens with zero attached hydrogens (tertiary/aromatic N) is 1. The number of amides is 1. The molecule has 0 bridgehead atoms. The van der Waals surface area contributed by atoms with Gasteiger partial charge in [0.05, 0.1) is 6.10 Å². The van der Waals surface area contributed by atoms with Gasteiger partial charge in [0.2, 0.25) is 5.91 Å². The standard InChI is InChI=1S/C14H18BrNO2/c15-12-4-1-3-11(9-12)6-7-14(18)16-8-2-5-13(17)10-16/h1,3-4,9,13,17H,2,5-8,10H2/t13-/m0/s1. The van der Waals surface area contributed by atoms with Crippen LogP contribution in [-0.2, 0) is 11.2 Å². The second-order valence-corrected chi connectivity index (χ2v) is 5.68. The number of hydrogen-bond acceptors (Lipinski definition) is 2. The Morgan fingerprint density at radius 3 is 3.06 bits per heavy atom. The second-order valence-electron chi connectivity index (χ2n) is 4.77. The SMILES string of the molecule is O=C(CCc1cccc(Br)c1)N1CCC[C@H](O)C1. The van der Waals surface area contributed by atoms with Crippen molar-refractivity contribution < 1.29 is 9.90 Å². The number of benzene rings is 1. The van der Waals surface area contributed by atoms with Gasteiger partial charge in [-0.3, -0.25) is 4.79 Å². The van der Waals surface area contributed by atoms with Crippen LogP contribution in [0.2, 0.25) is 0 Å². The lowest BCUT2D eigenvalue weighted by molar-refractivity contribution is -0.134. The van der Waals surface area contributed by atoms with Crippen molar-refractivity contribution in [2.45, 2.75) is 31.8 Å². The topological polar surface area (TPSA) is 40.5 Å². The lowest BCUT2D eigenvalue weighted by Crippen LogP contribution is -2.42. The van der Waals surface area contributed by atoms with Crippen LogP contribution < -0.4 is 0 Å². The number of hydrogen-bond donors (Lipinski definition) is 1. The van der Waals surface area contributed by atoms with E-state index in [-0.39, 0.29) is 12.0 Å². The molecule has 1 amide bonds. The number of aryl methyl sites for hydroxylation is 1. The maximum atomic E-state index is 12.0. The van der Waals surface area contributed by atoms with Crippen LogP contribution in [0.5, 0.6) is 0 Å². The van der Waals surface area contributed by atoms with Crippen molar-refractivity contribution in [1.82, 2.24) is 4.90 Å². The number of carbonyl (C=O) groups excluding carboxylic acids is 1. The average Bonchev–Trinajstić information content (AvgIpc) is 2.36. The van der Waals surface area contributed by atoms with E-state index in [9.17, 15) is 9.90 Å². The van der Waals surface area contributed by atoms with E-state index in [0.29, 0.717) is 13.0 Å². The molecule has 4 heteroatoms. The molecule has 1 aromatic rings. The normalized spacial score (nSPS) is 19.9. The van der Waals surface area contributed by atoms with Gasteiger partial charge in [-0.15, -0.1) is 0 Å². The number of piperidine rings is 1. The fourth-order valence-electron chi connectivity index (χ4n) is 2.28. The summed E-state index contributed by atoms with van der Waals surface area (Å²) in [5.74, 6) is 0.147. The van der Waals surface area contributed by atoms with Gasteiger partial charge in [-0.1, -0.05) is 28.1 Å². The zero-order valence-corrected chi connectivity index (χ0v) is 11.9. The van der Waals surface area contributed by atoms with Gasteiger partial charge < -0.3 is 10.0 Å². The number of likely N-dealkylation sites (tertiary alicyclic amines) is 1. The predicted molar refractivity (Wildman–Crippen MR) is 74.3 cm³/mol. The van der Waals surface area contributed by atoms with Crippen molar-refractivity contribution in [2.24, 2.45) is 0 Å². The Morgan fingerprint density at radius 2 is 2.33 bits per heavy atom. The molecule has 1 heterocycles. The van der Waals surface area contributed by atoms with E-state index in [4.69, 9.17) is 0 Å². The van der Waals surface area contributed by atoms with Crippen molar-refractivity contribution in [3.05, 3.63) is 34.3 Å². The first kappa shape index (κ1) is 13.6. The number of aliphatic hydroxyl groups is 1. The van der Waals surface area contributed by atoms with Crippen molar-refractivity contribution >= 4 is 21.8 Å². The average molecular weight is 312 g/mol. The number of rotatable bonds is 3. The lowest BCUT2D eigenvalue weighted by Gasteiger charge is -2.30. The third-order valence-electron chi connectivity index (χ3n) is 3.27. The molecule has 0 radical (unpaired) electrons. The summed E-state index contributed by atoms with van der Waals surface area (Å²) in [5, 5.41) is 9.55. The fraction of sp³-hybridized carbons (Fsp3) is 0.500. The van der Waals surface area contributed by atoms with Crippen molar-refractivity contribution in [2.75, 3.05) is 13.1 Å². The van der Waals surface area contributed by atoms with E-state index in [1.807, 2.05) is 24.3 Å². The lowest BCUT2D eigenvalue weighted by atomic mass is 10.1. The highest BCUT2D eigenvalue weighted by atomic mass is 79.9. The van der Waals surface area contributed by atoms with Gasteiger partial charge >= 0.3 is 0 Å². The summed E-state index contributed by atoms with van der Waals surface area (Å²) in [6.45, 7) is 1.28. The first-order chi connectivity index (χ1) is 8.65. The molecule has 2 rings (SSSR count). The molecule has 1 aliphatic heterocycles. The molecule has 1 atom stereocenters. The van der Waals surface area contributed by atoms with E-state index in [1.54, 1.807) is 4.90 Å². The molecule has 1 aromatic carbocycles. The molecule has 98 valence electrons. The van der Waals surface area contributed by atoms with Crippen LogP contribution in [0, 0.1) is 0 Å². The Hall–Kier alpha value is -0.870. The molecule has 1 aliphatic rings. The summed E-state index contributed by atoms with van der Waals surface area (Å²) in [7, 11) is 0. The van der Waals surface area contributed by atoms with Crippen molar-refractivity contribution in [1.29, 1.82) is 0 Å². The Morgan fingerprint density at radius 1 is 1.50 bits per heavy atom. The first-order valence-corrected chi connectivity index (χ1v) is 7.15. The second kappa shape index (κ2) is 6.34. The third kappa shape index (κ3) is 3.82. The Kier molecular flexibility index (Phi) is 4.78. The summed E-state index contributed by atoms with van der Waals surface area (Å²) < 4.78 is 1.04. The van der Waals surface area contributed by atoms with Gasteiger partial charge in [0.15, 0.2) is 0 Å². The van der Waals surface area contributed by atoms with Crippen LogP contribution in [0.15, 0.2) is 28.7 Å². The molecule has 1 saturated heterocycles. The molecular weight excluding hydrogens is 294 g/mol. The molecule has 1 fully saturated rings. The summed E-state index contributed by atoms with van der Waals surface area (Å²) >= 11 is 3.43. The summed E-state index contributed by atoms with van der Waals surface area (Å²) in [4.78, 5) is 13.8. The van der Waals surface area contributed by atoms with Gasteiger partial charge in [0.25, 0.3) is 0 Å². The Balaban J connectivity index is 1.84. The van der Waals surface area contributed by atoms with E-state index in [0.717, 1.165) is 35.8 Å². The van der Waals surface area contributed by atoms with E-state index >= 15 is 0 Å². The van der Waals surface area contributed by atoms with Crippen LogP contribution in [0.3, 0.4) is 0 Å². The predicted octanol–water partition coefficient (Wildman–Crippen LogP) is 2.37. The number of carbonyl (C=O) groups is 1. The first-order valence-electron chi connectivity index (χ1n) is 6.35. The van der Waals surface area contributed by atoms with Crippen LogP contribution >= 0.6 is 15.9 Å². The summed E-state index contributed by atoms with van der Waals surface area (Å²) in [5.41, 5.74) is 1.16. The largest absolute Gasteiger partial charge is 0.391 e. The molecule has 3 nitrogen and oxygen atoms in total. The zero-order chi connectivity index (χ0) is 13.0. The van der Waals surface area contributed by atoms with Gasteiger partial charge in [-0.05, 0) is 37.0 Å². The molecule has 18 heavy (non-hydrogen) atoms. The maximum absolute atomic E-state index is 12.0. The zero-order valence-electron chi connectivity index (χ0n) is 10.3. The van der Waals surface area contributed by atoms with Gasteiger partial charge in [0.1, 0.15) is 0 Å². The molecule has 1 N–H and O–H groups in total. The Labute approximate surface area is 116 Å². The quantitative estimate of drug-likeness (QED) is 0.931. The highest BCUT2D eigenvalue weighted by molar-refractivity contribution is 9.10. The molecule has 0 aromatic heterocycles. The van der Waals surface area contributed by atoms with Gasteiger partial charge in [-0.25, -0.2) is 0 Å².